The molecule has 3 saturated heterocycles. The summed E-state index contributed by atoms with van der Waals surface area (Å²) in [6, 6.07) is 9.74. The number of nitrogens with zero attached hydrogens (tertiary/aromatic N) is 1. The standard InChI is InChI=1S/C16H19NO2/c18-16(19)15(13-4-2-1-3-5-13)11-14-10-12-6-8-17(14)9-7-12/h1-5,11-12,14H,6-10H2,(H,18,19)/t14-/m1/s1. The Balaban J connectivity index is 1.88. The van der Waals surface area contributed by atoms with Crippen LogP contribution >= 0.6 is 0 Å². The molecule has 3 aliphatic heterocycles. The van der Waals surface area contributed by atoms with Gasteiger partial charge in [-0.2, -0.15) is 0 Å². The highest BCUT2D eigenvalue weighted by Gasteiger charge is 2.32. The smallest absolute Gasteiger partial charge is 0.336 e. The molecule has 0 radical (unpaired) electrons. The number of hydrogen-bond donors (Lipinski definition) is 1. The summed E-state index contributed by atoms with van der Waals surface area (Å²) in [7, 11) is 0. The molecule has 3 heteroatoms. The monoisotopic (exact) mass is 257 g/mol. The highest BCUT2D eigenvalue weighted by Crippen LogP contribution is 2.33. The van der Waals surface area contributed by atoms with Crippen molar-refractivity contribution in [2.24, 2.45) is 5.92 Å². The lowest BCUT2D eigenvalue weighted by molar-refractivity contribution is -0.130. The van der Waals surface area contributed by atoms with E-state index in [0.29, 0.717) is 11.6 Å². The summed E-state index contributed by atoms with van der Waals surface area (Å²) in [5.74, 6) is -0.0362. The Morgan fingerprint density at radius 3 is 2.42 bits per heavy atom. The van der Waals surface area contributed by atoms with Gasteiger partial charge in [0, 0.05) is 6.04 Å². The lowest BCUT2D eigenvalue weighted by Crippen LogP contribution is -2.47. The molecule has 1 atom stereocenters. The van der Waals surface area contributed by atoms with Gasteiger partial charge in [-0.3, -0.25) is 4.90 Å². The molecular weight excluding hydrogens is 238 g/mol. The number of carboxylic acids is 1. The van der Waals surface area contributed by atoms with Gasteiger partial charge in [-0.05, 0) is 43.8 Å². The number of aliphatic carboxylic acids is 1. The Morgan fingerprint density at radius 1 is 1.21 bits per heavy atom. The van der Waals surface area contributed by atoms with E-state index in [4.69, 9.17) is 0 Å². The molecule has 19 heavy (non-hydrogen) atoms. The molecule has 1 aromatic carbocycles. The minimum absolute atomic E-state index is 0.304. The first-order valence-corrected chi connectivity index (χ1v) is 6.98. The topological polar surface area (TPSA) is 40.5 Å². The first-order valence-electron chi connectivity index (χ1n) is 6.98. The SMILES string of the molecule is O=C(O)C(=C[C@H]1CC2CCN1CC2)c1ccccc1. The molecule has 3 nitrogen and oxygen atoms in total. The van der Waals surface area contributed by atoms with Crippen molar-refractivity contribution in [1.29, 1.82) is 0 Å². The van der Waals surface area contributed by atoms with Gasteiger partial charge in [-0.25, -0.2) is 4.79 Å². The van der Waals surface area contributed by atoms with Crippen LogP contribution < -0.4 is 0 Å². The van der Waals surface area contributed by atoms with Gasteiger partial charge in [0.05, 0.1) is 5.57 Å². The predicted octanol–water partition coefficient (Wildman–Crippen LogP) is 2.64. The van der Waals surface area contributed by atoms with Crippen molar-refractivity contribution < 1.29 is 9.90 Å². The van der Waals surface area contributed by atoms with Crippen LogP contribution in [0.2, 0.25) is 0 Å². The molecule has 0 spiro atoms. The third-order valence-electron chi connectivity index (χ3n) is 4.37. The van der Waals surface area contributed by atoms with E-state index in [1.165, 1.54) is 12.8 Å². The Labute approximate surface area is 113 Å². The number of rotatable bonds is 3. The third-order valence-corrected chi connectivity index (χ3v) is 4.37. The number of fused-ring (bicyclic) bond motifs is 3. The van der Waals surface area contributed by atoms with Crippen molar-refractivity contribution in [3.05, 3.63) is 42.0 Å². The van der Waals surface area contributed by atoms with Gasteiger partial charge < -0.3 is 5.11 Å². The van der Waals surface area contributed by atoms with Crippen LogP contribution in [0, 0.1) is 5.92 Å². The average Bonchev–Trinajstić information content (AvgIpc) is 2.46. The highest BCUT2D eigenvalue weighted by molar-refractivity contribution is 6.15. The largest absolute Gasteiger partial charge is 0.478 e. The molecule has 1 N–H and O–H groups in total. The zero-order valence-corrected chi connectivity index (χ0v) is 11.0. The van der Waals surface area contributed by atoms with Gasteiger partial charge in [-0.1, -0.05) is 36.4 Å². The number of carboxylic acid groups (broad SMARTS) is 1. The second-order valence-corrected chi connectivity index (χ2v) is 5.53. The normalized spacial score (nSPS) is 30.3. The number of hydrogen-bond acceptors (Lipinski definition) is 2. The molecule has 0 saturated carbocycles. The van der Waals surface area contributed by atoms with Crippen molar-refractivity contribution in [2.45, 2.75) is 25.3 Å². The van der Waals surface area contributed by atoms with E-state index in [9.17, 15) is 9.90 Å². The molecule has 2 bridgehead atoms. The van der Waals surface area contributed by atoms with E-state index in [1.807, 2.05) is 36.4 Å². The second-order valence-electron chi connectivity index (χ2n) is 5.53. The van der Waals surface area contributed by atoms with E-state index >= 15 is 0 Å². The number of benzene rings is 1. The van der Waals surface area contributed by atoms with Crippen LogP contribution in [0.5, 0.6) is 0 Å². The summed E-state index contributed by atoms with van der Waals surface area (Å²) in [6.07, 6.45) is 5.63. The quantitative estimate of drug-likeness (QED) is 0.846. The molecule has 4 rings (SSSR count). The molecule has 0 aromatic heterocycles. The van der Waals surface area contributed by atoms with Gasteiger partial charge in [0.2, 0.25) is 0 Å². The maximum atomic E-state index is 11.5. The zero-order valence-electron chi connectivity index (χ0n) is 11.0. The molecule has 3 fully saturated rings. The Kier molecular flexibility index (Phi) is 3.38. The van der Waals surface area contributed by atoms with Crippen LogP contribution in [0.1, 0.15) is 24.8 Å². The van der Waals surface area contributed by atoms with E-state index in [1.54, 1.807) is 0 Å². The lowest BCUT2D eigenvalue weighted by Gasteiger charge is -2.44. The fourth-order valence-electron chi connectivity index (χ4n) is 3.29. The van der Waals surface area contributed by atoms with Crippen LogP contribution in [0.15, 0.2) is 36.4 Å². The highest BCUT2D eigenvalue weighted by atomic mass is 16.4. The van der Waals surface area contributed by atoms with E-state index in [2.05, 4.69) is 4.90 Å². The molecule has 0 aliphatic carbocycles. The summed E-state index contributed by atoms with van der Waals surface area (Å²) in [4.78, 5) is 13.9. The van der Waals surface area contributed by atoms with E-state index < -0.39 is 5.97 Å². The van der Waals surface area contributed by atoms with E-state index in [0.717, 1.165) is 31.0 Å². The van der Waals surface area contributed by atoms with Crippen LogP contribution in [0.25, 0.3) is 5.57 Å². The number of carbonyl (C=O) groups is 1. The van der Waals surface area contributed by atoms with Gasteiger partial charge in [-0.15, -0.1) is 0 Å². The summed E-state index contributed by atoms with van der Waals surface area (Å²) in [5, 5.41) is 9.44. The predicted molar refractivity (Wildman–Crippen MR) is 74.8 cm³/mol. The van der Waals surface area contributed by atoms with Crippen molar-refractivity contribution >= 4 is 11.5 Å². The first kappa shape index (κ1) is 12.4. The second kappa shape index (κ2) is 5.17. The van der Waals surface area contributed by atoms with E-state index in [-0.39, 0.29) is 0 Å². The van der Waals surface area contributed by atoms with Gasteiger partial charge in [0.25, 0.3) is 0 Å². The van der Waals surface area contributed by atoms with Crippen molar-refractivity contribution in [2.75, 3.05) is 13.1 Å². The van der Waals surface area contributed by atoms with Gasteiger partial charge >= 0.3 is 5.97 Å². The summed E-state index contributed by atoms with van der Waals surface area (Å²) in [6.45, 7) is 2.24. The van der Waals surface area contributed by atoms with Crippen LogP contribution in [0.4, 0.5) is 0 Å². The summed E-state index contributed by atoms with van der Waals surface area (Å²) < 4.78 is 0. The summed E-state index contributed by atoms with van der Waals surface area (Å²) in [5.41, 5.74) is 1.25. The molecule has 100 valence electrons. The zero-order chi connectivity index (χ0) is 13.2. The molecular formula is C16H19NO2. The summed E-state index contributed by atoms with van der Waals surface area (Å²) >= 11 is 0. The van der Waals surface area contributed by atoms with Crippen molar-refractivity contribution in [3.8, 4) is 0 Å². The van der Waals surface area contributed by atoms with Crippen LogP contribution in [-0.4, -0.2) is 35.1 Å². The minimum atomic E-state index is -0.825. The fraction of sp³-hybridized carbons (Fsp3) is 0.438. The van der Waals surface area contributed by atoms with Crippen LogP contribution in [-0.2, 0) is 4.79 Å². The maximum Gasteiger partial charge on any atom is 0.336 e. The van der Waals surface area contributed by atoms with Crippen molar-refractivity contribution in [1.82, 2.24) is 4.90 Å². The minimum Gasteiger partial charge on any atom is -0.478 e. The Hall–Kier alpha value is -1.61. The molecule has 0 amide bonds. The Morgan fingerprint density at radius 2 is 1.89 bits per heavy atom. The third kappa shape index (κ3) is 2.56. The molecule has 3 aliphatic rings. The van der Waals surface area contributed by atoms with Gasteiger partial charge in [0.1, 0.15) is 0 Å². The Bertz CT molecular complexity index is 487. The van der Waals surface area contributed by atoms with Gasteiger partial charge in [0.15, 0.2) is 0 Å². The van der Waals surface area contributed by atoms with Crippen LogP contribution in [0.3, 0.4) is 0 Å². The lowest BCUT2D eigenvalue weighted by atomic mass is 9.82. The average molecular weight is 257 g/mol. The molecule has 1 aromatic rings. The first-order chi connectivity index (χ1) is 9.24. The molecule has 3 heterocycles. The number of piperidine rings is 3. The maximum absolute atomic E-state index is 11.5. The fourth-order valence-corrected chi connectivity index (χ4v) is 3.29. The van der Waals surface area contributed by atoms with Crippen molar-refractivity contribution in [3.63, 3.8) is 0 Å². The molecule has 0 unspecified atom stereocenters.